The van der Waals surface area contributed by atoms with Gasteiger partial charge in [-0.1, -0.05) is 6.92 Å². The highest BCUT2D eigenvalue weighted by Crippen LogP contribution is 2.12. The average Bonchev–Trinajstić information content (AvgIpc) is 2.16. The molecule has 0 heterocycles. The predicted octanol–water partition coefficient (Wildman–Crippen LogP) is 1.68. The van der Waals surface area contributed by atoms with Gasteiger partial charge in [0.25, 0.3) is 6.43 Å². The van der Waals surface area contributed by atoms with Gasteiger partial charge >= 0.3 is 0 Å². The van der Waals surface area contributed by atoms with E-state index in [0.29, 0.717) is 19.3 Å². The van der Waals surface area contributed by atoms with Crippen molar-refractivity contribution in [1.29, 1.82) is 5.26 Å². The minimum absolute atomic E-state index is 0.227. The normalized spacial score (nSPS) is 15.1. The maximum Gasteiger partial charge on any atom is 0.261 e. The van der Waals surface area contributed by atoms with Crippen molar-refractivity contribution in [3.05, 3.63) is 0 Å². The lowest BCUT2D eigenvalue weighted by Gasteiger charge is -2.18. The van der Waals surface area contributed by atoms with Crippen LogP contribution in [0.2, 0.25) is 0 Å². The summed E-state index contributed by atoms with van der Waals surface area (Å²) >= 11 is 0. The summed E-state index contributed by atoms with van der Waals surface area (Å²) in [6.07, 6.45) is -0.869. The molecular formula is C9H16F2N2O. The van der Waals surface area contributed by atoms with Gasteiger partial charge in [0, 0.05) is 6.61 Å². The summed E-state index contributed by atoms with van der Waals surface area (Å²) in [5, 5.41) is 8.69. The first-order valence-electron chi connectivity index (χ1n) is 4.60. The summed E-state index contributed by atoms with van der Waals surface area (Å²) in [6.45, 7) is 1.50. The van der Waals surface area contributed by atoms with Crippen LogP contribution in [0.25, 0.3) is 0 Å². The molecule has 14 heavy (non-hydrogen) atoms. The molecule has 0 aromatic carbocycles. The first-order chi connectivity index (χ1) is 6.54. The van der Waals surface area contributed by atoms with E-state index in [1.807, 2.05) is 13.0 Å². The molecule has 0 aliphatic heterocycles. The van der Waals surface area contributed by atoms with Crippen molar-refractivity contribution in [3.63, 3.8) is 0 Å². The molecule has 0 spiro atoms. The lowest BCUT2D eigenvalue weighted by Crippen LogP contribution is -2.37. The highest BCUT2D eigenvalue weighted by atomic mass is 19.3. The Morgan fingerprint density at radius 2 is 2.21 bits per heavy atom. The van der Waals surface area contributed by atoms with Crippen LogP contribution < -0.4 is 5.73 Å². The van der Waals surface area contributed by atoms with E-state index in [2.05, 4.69) is 4.74 Å². The molecular weight excluding hydrogens is 190 g/mol. The molecule has 0 saturated heterocycles. The van der Waals surface area contributed by atoms with Crippen molar-refractivity contribution in [2.45, 2.75) is 38.2 Å². The molecule has 0 aromatic heterocycles. The number of hydrogen-bond acceptors (Lipinski definition) is 3. The lowest BCUT2D eigenvalue weighted by molar-refractivity contribution is 0.0154. The number of nitrogens with two attached hydrogens (primary N) is 1. The lowest BCUT2D eigenvalue weighted by atomic mass is 9.94. The summed E-state index contributed by atoms with van der Waals surface area (Å²) in [6, 6.07) is 2.00. The Kier molecular flexibility index (Phi) is 6.34. The Balaban J connectivity index is 3.49. The van der Waals surface area contributed by atoms with E-state index >= 15 is 0 Å². The van der Waals surface area contributed by atoms with E-state index in [1.165, 1.54) is 0 Å². The fourth-order valence-electron chi connectivity index (χ4n) is 0.974. The van der Waals surface area contributed by atoms with Crippen LogP contribution in [0.15, 0.2) is 0 Å². The summed E-state index contributed by atoms with van der Waals surface area (Å²) in [7, 11) is 0. The third-order valence-electron chi connectivity index (χ3n) is 2.01. The first kappa shape index (κ1) is 13.3. The Hall–Kier alpha value is -0.730. The van der Waals surface area contributed by atoms with E-state index in [0.717, 1.165) is 0 Å². The predicted molar refractivity (Wildman–Crippen MR) is 48.9 cm³/mol. The Morgan fingerprint density at radius 3 is 2.64 bits per heavy atom. The molecule has 82 valence electrons. The van der Waals surface area contributed by atoms with Gasteiger partial charge in [-0.2, -0.15) is 5.26 Å². The summed E-state index contributed by atoms with van der Waals surface area (Å²) in [5.41, 5.74) is 4.83. The number of rotatable bonds is 7. The van der Waals surface area contributed by atoms with Gasteiger partial charge in [0.1, 0.15) is 12.1 Å². The van der Waals surface area contributed by atoms with Crippen LogP contribution in [0.3, 0.4) is 0 Å². The minimum atomic E-state index is -2.43. The van der Waals surface area contributed by atoms with Crippen molar-refractivity contribution < 1.29 is 13.5 Å². The maximum atomic E-state index is 11.6. The smallest absolute Gasteiger partial charge is 0.261 e. The van der Waals surface area contributed by atoms with Gasteiger partial charge in [0.2, 0.25) is 0 Å². The molecule has 0 saturated carbocycles. The third-order valence-corrected chi connectivity index (χ3v) is 2.01. The van der Waals surface area contributed by atoms with Gasteiger partial charge in [0.15, 0.2) is 0 Å². The van der Waals surface area contributed by atoms with E-state index in [-0.39, 0.29) is 6.61 Å². The second-order valence-electron chi connectivity index (χ2n) is 3.19. The average molecular weight is 206 g/mol. The summed E-state index contributed by atoms with van der Waals surface area (Å²) in [4.78, 5) is 0. The van der Waals surface area contributed by atoms with Crippen molar-refractivity contribution >= 4 is 0 Å². The molecule has 3 nitrogen and oxygen atoms in total. The van der Waals surface area contributed by atoms with Crippen molar-refractivity contribution in [2.75, 3.05) is 13.2 Å². The van der Waals surface area contributed by atoms with Crippen LogP contribution in [0, 0.1) is 11.3 Å². The van der Waals surface area contributed by atoms with Gasteiger partial charge in [-0.05, 0) is 19.3 Å². The quantitative estimate of drug-likeness (QED) is 0.645. The van der Waals surface area contributed by atoms with Crippen molar-refractivity contribution in [2.24, 2.45) is 5.73 Å². The maximum absolute atomic E-state index is 11.6. The highest BCUT2D eigenvalue weighted by molar-refractivity contribution is 5.03. The van der Waals surface area contributed by atoms with Gasteiger partial charge in [0.05, 0.1) is 6.07 Å². The number of halogens is 2. The Labute approximate surface area is 82.8 Å². The Morgan fingerprint density at radius 1 is 1.57 bits per heavy atom. The van der Waals surface area contributed by atoms with Crippen LogP contribution in [-0.4, -0.2) is 25.2 Å². The van der Waals surface area contributed by atoms with E-state index in [1.54, 1.807) is 0 Å². The van der Waals surface area contributed by atoms with Crippen molar-refractivity contribution in [1.82, 2.24) is 0 Å². The molecule has 0 fully saturated rings. The molecule has 0 amide bonds. The number of nitrogens with zero attached hydrogens (tertiary/aromatic N) is 1. The highest BCUT2D eigenvalue weighted by Gasteiger charge is 2.20. The first-order valence-corrected chi connectivity index (χ1v) is 4.60. The number of ether oxygens (including phenoxy) is 1. The zero-order valence-corrected chi connectivity index (χ0v) is 8.30. The number of nitriles is 1. The third kappa shape index (κ3) is 5.84. The van der Waals surface area contributed by atoms with Crippen LogP contribution in [0.1, 0.15) is 26.2 Å². The van der Waals surface area contributed by atoms with Gasteiger partial charge in [-0.15, -0.1) is 0 Å². The second kappa shape index (κ2) is 6.68. The van der Waals surface area contributed by atoms with Crippen LogP contribution in [0.4, 0.5) is 8.78 Å². The fourth-order valence-corrected chi connectivity index (χ4v) is 0.974. The number of alkyl halides is 2. The number of hydrogen-bond donors (Lipinski definition) is 1. The van der Waals surface area contributed by atoms with Crippen molar-refractivity contribution in [3.8, 4) is 6.07 Å². The molecule has 0 radical (unpaired) electrons. The molecule has 5 heteroatoms. The van der Waals surface area contributed by atoms with Gasteiger partial charge in [-0.25, -0.2) is 8.78 Å². The fraction of sp³-hybridized carbons (Fsp3) is 0.889. The minimum Gasteiger partial charge on any atom is -0.376 e. The molecule has 0 aliphatic rings. The molecule has 0 aliphatic carbocycles. The largest absolute Gasteiger partial charge is 0.376 e. The van der Waals surface area contributed by atoms with E-state index in [4.69, 9.17) is 11.0 Å². The van der Waals surface area contributed by atoms with Crippen LogP contribution in [-0.2, 0) is 4.74 Å². The zero-order chi connectivity index (χ0) is 11.0. The zero-order valence-electron chi connectivity index (χ0n) is 8.30. The molecule has 0 aromatic rings. The van der Waals surface area contributed by atoms with Crippen LogP contribution >= 0.6 is 0 Å². The van der Waals surface area contributed by atoms with Crippen LogP contribution in [0.5, 0.6) is 0 Å². The molecule has 0 rings (SSSR count). The topological polar surface area (TPSA) is 59.0 Å². The Bertz CT molecular complexity index is 194. The molecule has 0 bridgehead atoms. The van der Waals surface area contributed by atoms with E-state index in [9.17, 15) is 8.78 Å². The van der Waals surface area contributed by atoms with Gasteiger partial charge in [-0.3, -0.25) is 0 Å². The summed E-state index contributed by atoms with van der Waals surface area (Å²) in [5.74, 6) is 0. The summed E-state index contributed by atoms with van der Waals surface area (Å²) < 4.78 is 27.9. The SMILES string of the molecule is CCC(N)(C#N)CCCOCC(F)F. The van der Waals surface area contributed by atoms with Gasteiger partial charge < -0.3 is 10.5 Å². The molecule has 1 unspecified atom stereocenters. The second-order valence-corrected chi connectivity index (χ2v) is 3.19. The van der Waals surface area contributed by atoms with E-state index < -0.39 is 18.6 Å². The molecule has 2 N–H and O–H groups in total. The standard InChI is InChI=1S/C9H16F2N2O/c1-2-9(13,7-12)4-3-5-14-6-8(10)11/h8H,2-6,13H2,1H3. The molecule has 1 atom stereocenters. The monoisotopic (exact) mass is 206 g/mol.